The van der Waals surface area contributed by atoms with Crippen molar-refractivity contribution in [2.75, 3.05) is 7.05 Å². The fraction of sp³-hybridized carbons (Fsp3) is 0.769. The smallest absolute Gasteiger partial charge is 0.140 e. The molecular formula is C13H21N3O. The molecule has 0 amide bonds. The molecule has 1 aromatic heterocycles. The minimum Gasteiger partial charge on any atom is -0.382 e. The van der Waals surface area contributed by atoms with Gasteiger partial charge in [0, 0.05) is 31.5 Å². The zero-order valence-corrected chi connectivity index (χ0v) is 10.6. The summed E-state index contributed by atoms with van der Waals surface area (Å²) in [5.41, 5.74) is -0.722. The minimum absolute atomic E-state index is 0.518. The van der Waals surface area contributed by atoms with Crippen LogP contribution in [0.15, 0.2) is 12.4 Å². The van der Waals surface area contributed by atoms with E-state index in [-0.39, 0.29) is 0 Å². The van der Waals surface area contributed by atoms with E-state index in [2.05, 4.69) is 16.9 Å². The molecule has 4 nitrogen and oxygen atoms in total. The van der Waals surface area contributed by atoms with E-state index in [1.165, 1.54) is 19.3 Å². The number of hydrogen-bond donors (Lipinski definition) is 1. The van der Waals surface area contributed by atoms with E-state index in [1.54, 1.807) is 6.20 Å². The highest BCUT2D eigenvalue weighted by Gasteiger charge is 2.46. The van der Waals surface area contributed by atoms with Crippen LogP contribution >= 0.6 is 0 Å². The number of fused-ring (bicyclic) bond motifs is 2. The number of hydrogen-bond acceptors (Lipinski definition) is 3. The molecule has 4 heteroatoms. The Bertz CT molecular complexity index is 401. The highest BCUT2D eigenvalue weighted by atomic mass is 16.3. The normalized spacial score (nSPS) is 38.3. The second-order valence-corrected chi connectivity index (χ2v) is 5.71. The first-order valence-electron chi connectivity index (χ1n) is 6.52. The summed E-state index contributed by atoms with van der Waals surface area (Å²) >= 11 is 0. The second kappa shape index (κ2) is 3.82. The van der Waals surface area contributed by atoms with Crippen molar-refractivity contribution in [2.45, 2.75) is 49.8 Å². The summed E-state index contributed by atoms with van der Waals surface area (Å²) in [4.78, 5) is 6.82. The Kier molecular flexibility index (Phi) is 2.52. The maximum absolute atomic E-state index is 10.9. The molecule has 0 aliphatic carbocycles. The lowest BCUT2D eigenvalue weighted by Gasteiger charge is -2.50. The molecule has 2 aliphatic rings. The molecule has 2 unspecified atom stereocenters. The molecule has 3 rings (SSSR count). The Morgan fingerprint density at radius 3 is 2.47 bits per heavy atom. The van der Waals surface area contributed by atoms with E-state index >= 15 is 0 Å². The zero-order valence-electron chi connectivity index (χ0n) is 10.6. The lowest BCUT2D eigenvalue weighted by atomic mass is 9.75. The average Bonchev–Trinajstić information content (AvgIpc) is 2.68. The van der Waals surface area contributed by atoms with Crippen LogP contribution in [-0.2, 0) is 12.6 Å². The molecule has 2 fully saturated rings. The Balaban J connectivity index is 1.92. The number of aliphatic hydroxyl groups is 1. The van der Waals surface area contributed by atoms with Gasteiger partial charge in [0.2, 0.25) is 0 Å². The fourth-order valence-corrected chi connectivity index (χ4v) is 3.65. The average molecular weight is 235 g/mol. The third kappa shape index (κ3) is 1.70. The van der Waals surface area contributed by atoms with Crippen LogP contribution in [0.5, 0.6) is 0 Å². The number of aryl methyl sites for hydroxylation is 1. The van der Waals surface area contributed by atoms with E-state index in [4.69, 9.17) is 0 Å². The van der Waals surface area contributed by atoms with Crippen LogP contribution in [-0.4, -0.2) is 38.7 Å². The molecule has 0 aromatic carbocycles. The van der Waals surface area contributed by atoms with Gasteiger partial charge in [-0.1, -0.05) is 6.42 Å². The molecular weight excluding hydrogens is 214 g/mol. The zero-order chi connectivity index (χ0) is 12.0. The molecule has 1 aromatic rings. The first-order valence-corrected chi connectivity index (χ1v) is 6.52. The van der Waals surface area contributed by atoms with Crippen molar-refractivity contribution in [3.05, 3.63) is 18.2 Å². The van der Waals surface area contributed by atoms with Crippen LogP contribution in [0.4, 0.5) is 0 Å². The van der Waals surface area contributed by atoms with E-state index in [1.807, 2.05) is 17.8 Å². The molecule has 3 heterocycles. The van der Waals surface area contributed by atoms with Crippen molar-refractivity contribution in [1.82, 2.24) is 14.5 Å². The van der Waals surface area contributed by atoms with Gasteiger partial charge in [-0.05, 0) is 32.7 Å². The molecule has 2 atom stereocenters. The highest BCUT2D eigenvalue weighted by Crippen LogP contribution is 2.42. The Morgan fingerprint density at radius 2 is 1.94 bits per heavy atom. The van der Waals surface area contributed by atoms with Gasteiger partial charge in [-0.15, -0.1) is 0 Å². The third-order valence-corrected chi connectivity index (χ3v) is 4.61. The summed E-state index contributed by atoms with van der Waals surface area (Å²) in [6.07, 6.45) is 9.06. The van der Waals surface area contributed by atoms with Gasteiger partial charge in [0.15, 0.2) is 0 Å². The van der Waals surface area contributed by atoms with Crippen molar-refractivity contribution in [1.29, 1.82) is 0 Å². The SMILES string of the molecule is CN1C2CCCC1CC(O)(c1nccn1C)C2. The van der Waals surface area contributed by atoms with Crippen LogP contribution < -0.4 is 0 Å². The van der Waals surface area contributed by atoms with E-state index in [9.17, 15) is 5.11 Å². The molecule has 0 spiro atoms. The summed E-state index contributed by atoms with van der Waals surface area (Å²) in [6, 6.07) is 1.04. The van der Waals surface area contributed by atoms with Crippen molar-refractivity contribution >= 4 is 0 Å². The molecule has 1 N–H and O–H groups in total. The molecule has 2 bridgehead atoms. The summed E-state index contributed by atoms with van der Waals surface area (Å²) < 4.78 is 1.96. The van der Waals surface area contributed by atoms with Gasteiger partial charge in [-0.3, -0.25) is 0 Å². The molecule has 2 aliphatic heterocycles. The van der Waals surface area contributed by atoms with Crippen LogP contribution in [0.25, 0.3) is 0 Å². The lowest BCUT2D eigenvalue weighted by Crippen LogP contribution is -2.55. The Morgan fingerprint density at radius 1 is 1.29 bits per heavy atom. The molecule has 0 radical (unpaired) electrons. The number of rotatable bonds is 1. The van der Waals surface area contributed by atoms with Crippen LogP contribution in [0.1, 0.15) is 37.9 Å². The minimum atomic E-state index is -0.722. The monoisotopic (exact) mass is 235 g/mol. The first kappa shape index (κ1) is 11.2. The van der Waals surface area contributed by atoms with Crippen LogP contribution in [0.3, 0.4) is 0 Å². The highest BCUT2D eigenvalue weighted by molar-refractivity contribution is 5.10. The fourth-order valence-electron chi connectivity index (χ4n) is 3.65. The summed E-state index contributed by atoms with van der Waals surface area (Å²) in [5.74, 6) is 0.836. The van der Waals surface area contributed by atoms with Gasteiger partial charge < -0.3 is 14.6 Å². The summed E-state index contributed by atoms with van der Waals surface area (Å²) in [5, 5.41) is 10.9. The van der Waals surface area contributed by atoms with E-state index in [0.717, 1.165) is 18.7 Å². The van der Waals surface area contributed by atoms with E-state index < -0.39 is 5.60 Å². The molecule has 0 saturated carbocycles. The van der Waals surface area contributed by atoms with Crippen molar-refractivity contribution in [2.24, 2.45) is 7.05 Å². The second-order valence-electron chi connectivity index (χ2n) is 5.71. The van der Waals surface area contributed by atoms with Crippen molar-refractivity contribution < 1.29 is 5.11 Å². The quantitative estimate of drug-likeness (QED) is 0.796. The lowest BCUT2D eigenvalue weighted by molar-refractivity contribution is -0.0937. The molecule has 17 heavy (non-hydrogen) atoms. The maximum Gasteiger partial charge on any atom is 0.140 e. The Labute approximate surface area is 102 Å². The van der Waals surface area contributed by atoms with Gasteiger partial charge in [0.05, 0.1) is 0 Å². The summed E-state index contributed by atoms with van der Waals surface area (Å²) in [6.45, 7) is 0. The first-order chi connectivity index (χ1) is 8.10. The van der Waals surface area contributed by atoms with Gasteiger partial charge >= 0.3 is 0 Å². The number of piperidine rings is 2. The van der Waals surface area contributed by atoms with Gasteiger partial charge in [0.25, 0.3) is 0 Å². The Hall–Kier alpha value is -0.870. The maximum atomic E-state index is 10.9. The number of aromatic nitrogens is 2. The van der Waals surface area contributed by atoms with Crippen molar-refractivity contribution in [3.63, 3.8) is 0 Å². The summed E-state index contributed by atoms with van der Waals surface area (Å²) in [7, 11) is 4.17. The standard InChI is InChI=1S/C13H21N3O/c1-15-7-6-14-12(15)13(17)8-10-4-3-5-11(9-13)16(10)2/h6-7,10-11,17H,3-5,8-9H2,1-2H3. The predicted molar refractivity (Wildman–Crippen MR) is 65.5 cm³/mol. The van der Waals surface area contributed by atoms with Gasteiger partial charge in [-0.2, -0.15) is 0 Å². The number of imidazole rings is 1. The van der Waals surface area contributed by atoms with E-state index in [0.29, 0.717) is 12.1 Å². The van der Waals surface area contributed by atoms with Gasteiger partial charge in [-0.25, -0.2) is 4.98 Å². The van der Waals surface area contributed by atoms with Gasteiger partial charge in [0.1, 0.15) is 11.4 Å². The molecule has 94 valence electrons. The molecule has 2 saturated heterocycles. The largest absolute Gasteiger partial charge is 0.382 e. The topological polar surface area (TPSA) is 41.3 Å². The third-order valence-electron chi connectivity index (χ3n) is 4.61. The van der Waals surface area contributed by atoms with Crippen LogP contribution in [0, 0.1) is 0 Å². The van der Waals surface area contributed by atoms with Crippen LogP contribution in [0.2, 0.25) is 0 Å². The number of nitrogens with zero attached hydrogens (tertiary/aromatic N) is 3. The predicted octanol–water partition coefficient (Wildman–Crippen LogP) is 1.25. The van der Waals surface area contributed by atoms with Crippen molar-refractivity contribution in [3.8, 4) is 0 Å².